The number of hydrogen-bond acceptors (Lipinski definition) is 4. The highest BCUT2D eigenvalue weighted by atomic mass is 15.2. The molecule has 1 aliphatic carbocycles. The first kappa shape index (κ1) is 12.1. The standard InChI is InChI=1S/C14H19N5/c1-10-9-13(19-18-10)16-12-7-8-15-14(17-12)11-5-3-2-4-6-11/h7-9,11H,2-6H2,1H3,(H2,15,16,17,18,19). The molecule has 2 N–H and O–H groups in total. The maximum Gasteiger partial charge on any atom is 0.153 e. The van der Waals surface area contributed by atoms with Crippen molar-refractivity contribution < 1.29 is 0 Å². The van der Waals surface area contributed by atoms with Gasteiger partial charge in [-0.05, 0) is 25.8 Å². The van der Waals surface area contributed by atoms with E-state index >= 15 is 0 Å². The van der Waals surface area contributed by atoms with E-state index in [1.165, 1.54) is 32.1 Å². The summed E-state index contributed by atoms with van der Waals surface area (Å²) in [5, 5.41) is 10.3. The van der Waals surface area contributed by atoms with Crippen LogP contribution < -0.4 is 5.32 Å². The molecular weight excluding hydrogens is 238 g/mol. The maximum atomic E-state index is 4.62. The SMILES string of the molecule is Cc1cc(Nc2ccnc(C3CCCCC3)n2)n[nH]1. The fraction of sp³-hybridized carbons (Fsp3) is 0.500. The molecule has 3 rings (SSSR count). The number of H-pyrrole nitrogens is 1. The van der Waals surface area contributed by atoms with Crippen LogP contribution in [0.3, 0.4) is 0 Å². The van der Waals surface area contributed by atoms with E-state index in [-0.39, 0.29) is 0 Å². The van der Waals surface area contributed by atoms with Gasteiger partial charge in [0.05, 0.1) is 0 Å². The highest BCUT2D eigenvalue weighted by molar-refractivity contribution is 5.51. The second-order valence-corrected chi connectivity index (χ2v) is 5.20. The third-order valence-electron chi connectivity index (χ3n) is 3.61. The first-order chi connectivity index (χ1) is 9.31. The Kier molecular flexibility index (Phi) is 3.44. The van der Waals surface area contributed by atoms with Gasteiger partial charge in [-0.1, -0.05) is 19.3 Å². The average Bonchev–Trinajstić information content (AvgIpc) is 2.85. The van der Waals surface area contributed by atoms with E-state index in [1.54, 1.807) is 0 Å². The highest BCUT2D eigenvalue weighted by Gasteiger charge is 2.18. The molecule has 2 heterocycles. The number of aromatic amines is 1. The van der Waals surface area contributed by atoms with Crippen molar-refractivity contribution in [3.63, 3.8) is 0 Å². The Labute approximate surface area is 112 Å². The van der Waals surface area contributed by atoms with Crippen molar-refractivity contribution in [1.82, 2.24) is 20.2 Å². The lowest BCUT2D eigenvalue weighted by Gasteiger charge is -2.20. The van der Waals surface area contributed by atoms with Crippen LogP contribution in [0.4, 0.5) is 11.6 Å². The smallest absolute Gasteiger partial charge is 0.153 e. The molecule has 2 aromatic rings. The van der Waals surface area contributed by atoms with Crippen LogP contribution in [0.25, 0.3) is 0 Å². The molecule has 5 heteroatoms. The summed E-state index contributed by atoms with van der Waals surface area (Å²) in [5.74, 6) is 3.11. The van der Waals surface area contributed by atoms with E-state index in [2.05, 4.69) is 25.5 Å². The van der Waals surface area contributed by atoms with Crippen LogP contribution in [0.1, 0.15) is 49.5 Å². The molecule has 1 saturated carbocycles. The lowest BCUT2D eigenvalue weighted by atomic mass is 9.89. The van der Waals surface area contributed by atoms with Crippen molar-refractivity contribution in [3.8, 4) is 0 Å². The topological polar surface area (TPSA) is 66.5 Å². The Morgan fingerprint density at radius 2 is 2.05 bits per heavy atom. The third kappa shape index (κ3) is 2.92. The first-order valence-electron chi connectivity index (χ1n) is 6.93. The minimum atomic E-state index is 0.524. The summed E-state index contributed by atoms with van der Waals surface area (Å²) >= 11 is 0. The van der Waals surface area contributed by atoms with Crippen molar-refractivity contribution in [2.24, 2.45) is 0 Å². The zero-order valence-corrected chi connectivity index (χ0v) is 11.2. The van der Waals surface area contributed by atoms with E-state index < -0.39 is 0 Å². The van der Waals surface area contributed by atoms with Gasteiger partial charge >= 0.3 is 0 Å². The second kappa shape index (κ2) is 5.38. The van der Waals surface area contributed by atoms with Gasteiger partial charge in [0, 0.05) is 23.9 Å². The van der Waals surface area contributed by atoms with Crippen LogP contribution in [-0.2, 0) is 0 Å². The molecule has 0 bridgehead atoms. The van der Waals surface area contributed by atoms with Crippen LogP contribution in [-0.4, -0.2) is 20.2 Å². The van der Waals surface area contributed by atoms with Crippen molar-refractivity contribution in [1.29, 1.82) is 0 Å². The molecule has 5 nitrogen and oxygen atoms in total. The van der Waals surface area contributed by atoms with Crippen LogP contribution in [0.15, 0.2) is 18.3 Å². The molecule has 0 unspecified atom stereocenters. The molecule has 0 amide bonds. The van der Waals surface area contributed by atoms with E-state index in [1.807, 2.05) is 25.3 Å². The summed E-state index contributed by atoms with van der Waals surface area (Å²) < 4.78 is 0. The number of anilines is 2. The normalized spacial score (nSPS) is 16.5. The molecule has 2 aromatic heterocycles. The summed E-state index contributed by atoms with van der Waals surface area (Å²) in [6.07, 6.45) is 8.20. The minimum absolute atomic E-state index is 0.524. The van der Waals surface area contributed by atoms with Gasteiger partial charge in [0.2, 0.25) is 0 Å². The predicted octanol–water partition coefficient (Wildman–Crippen LogP) is 3.30. The zero-order chi connectivity index (χ0) is 13.1. The lowest BCUT2D eigenvalue weighted by molar-refractivity contribution is 0.429. The Morgan fingerprint density at radius 1 is 1.21 bits per heavy atom. The molecule has 100 valence electrons. The number of aromatic nitrogens is 4. The van der Waals surface area contributed by atoms with E-state index in [9.17, 15) is 0 Å². The molecule has 1 fully saturated rings. The van der Waals surface area contributed by atoms with Gasteiger partial charge in [0.15, 0.2) is 5.82 Å². The van der Waals surface area contributed by atoms with Crippen LogP contribution in [0.2, 0.25) is 0 Å². The quantitative estimate of drug-likeness (QED) is 0.885. The molecule has 0 aromatic carbocycles. The fourth-order valence-corrected chi connectivity index (χ4v) is 2.61. The van der Waals surface area contributed by atoms with Gasteiger partial charge in [-0.15, -0.1) is 0 Å². The summed E-state index contributed by atoms with van der Waals surface area (Å²) in [5.41, 5.74) is 1.03. The Bertz CT molecular complexity index is 542. The van der Waals surface area contributed by atoms with Crippen LogP contribution >= 0.6 is 0 Å². The van der Waals surface area contributed by atoms with Gasteiger partial charge in [0.1, 0.15) is 11.6 Å². The van der Waals surface area contributed by atoms with Crippen LogP contribution in [0.5, 0.6) is 0 Å². The largest absolute Gasteiger partial charge is 0.323 e. The molecule has 19 heavy (non-hydrogen) atoms. The maximum absolute atomic E-state index is 4.62. The molecular formula is C14H19N5. The molecule has 0 aliphatic heterocycles. The Balaban J connectivity index is 1.75. The van der Waals surface area contributed by atoms with Gasteiger partial charge in [-0.2, -0.15) is 5.10 Å². The summed E-state index contributed by atoms with van der Waals surface area (Å²) in [4.78, 5) is 9.06. The molecule has 0 radical (unpaired) electrons. The Hall–Kier alpha value is -1.91. The fourth-order valence-electron chi connectivity index (χ4n) is 2.61. The van der Waals surface area contributed by atoms with Gasteiger partial charge in [-0.3, -0.25) is 5.10 Å². The minimum Gasteiger partial charge on any atom is -0.323 e. The van der Waals surface area contributed by atoms with Gasteiger partial charge in [0.25, 0.3) is 0 Å². The summed E-state index contributed by atoms with van der Waals surface area (Å²) in [6.45, 7) is 1.98. The second-order valence-electron chi connectivity index (χ2n) is 5.20. The molecule has 0 spiro atoms. The number of hydrogen-bond donors (Lipinski definition) is 2. The third-order valence-corrected chi connectivity index (χ3v) is 3.61. The first-order valence-corrected chi connectivity index (χ1v) is 6.93. The summed E-state index contributed by atoms with van der Waals surface area (Å²) in [6, 6.07) is 3.85. The number of nitrogens with one attached hydrogen (secondary N) is 2. The van der Waals surface area contributed by atoms with Crippen molar-refractivity contribution >= 4 is 11.6 Å². The van der Waals surface area contributed by atoms with Crippen molar-refractivity contribution in [2.45, 2.75) is 44.9 Å². The van der Waals surface area contributed by atoms with Crippen molar-refractivity contribution in [2.75, 3.05) is 5.32 Å². The predicted molar refractivity (Wildman–Crippen MR) is 74.5 cm³/mol. The van der Waals surface area contributed by atoms with Gasteiger partial charge < -0.3 is 5.32 Å². The molecule has 0 saturated heterocycles. The monoisotopic (exact) mass is 257 g/mol. The molecule has 1 aliphatic rings. The zero-order valence-electron chi connectivity index (χ0n) is 11.2. The lowest BCUT2D eigenvalue weighted by Crippen LogP contribution is -2.09. The Morgan fingerprint density at radius 3 is 2.79 bits per heavy atom. The highest BCUT2D eigenvalue weighted by Crippen LogP contribution is 2.30. The van der Waals surface area contributed by atoms with Crippen molar-refractivity contribution in [3.05, 3.63) is 29.8 Å². The van der Waals surface area contributed by atoms with Gasteiger partial charge in [-0.25, -0.2) is 9.97 Å². The van der Waals surface area contributed by atoms with E-state index in [4.69, 9.17) is 0 Å². The van der Waals surface area contributed by atoms with E-state index in [0.717, 1.165) is 23.2 Å². The number of rotatable bonds is 3. The number of aryl methyl sites for hydroxylation is 1. The number of nitrogens with zero attached hydrogens (tertiary/aromatic N) is 3. The van der Waals surface area contributed by atoms with Crippen LogP contribution in [0, 0.1) is 6.92 Å². The molecule has 0 atom stereocenters. The van der Waals surface area contributed by atoms with E-state index in [0.29, 0.717) is 5.92 Å². The summed E-state index contributed by atoms with van der Waals surface area (Å²) in [7, 11) is 0. The average molecular weight is 257 g/mol.